The number of hydrogen-bond donors (Lipinski definition) is 2. The molecule has 0 saturated carbocycles. The van der Waals surface area contributed by atoms with E-state index in [-0.39, 0.29) is 0 Å². The number of ether oxygens (including phenoxy) is 1. The second-order valence-electron chi connectivity index (χ2n) is 2.21. The van der Waals surface area contributed by atoms with Gasteiger partial charge in [-0.15, -0.1) is 11.3 Å². The molecule has 1 rings (SSSR count). The Morgan fingerprint density at radius 2 is 2.29 bits per heavy atom. The molecule has 0 aromatic carbocycles. The minimum atomic E-state index is -1.41. The van der Waals surface area contributed by atoms with Gasteiger partial charge in [0.15, 0.2) is 10.6 Å². The Labute approximate surface area is 83.4 Å². The highest BCUT2D eigenvalue weighted by Crippen LogP contribution is 2.19. The van der Waals surface area contributed by atoms with Crippen LogP contribution in [0.2, 0.25) is 0 Å². The van der Waals surface area contributed by atoms with Gasteiger partial charge in [-0.2, -0.15) is 0 Å². The van der Waals surface area contributed by atoms with Gasteiger partial charge in [-0.05, 0) is 17.5 Å². The Morgan fingerprint density at radius 1 is 1.57 bits per heavy atom. The number of thiophene rings is 1. The number of aliphatic carboxylic acids is 1. The molecule has 0 bridgehead atoms. The molecule has 1 heterocycles. The molecule has 0 spiro atoms. The molecule has 0 unspecified atom stereocenters. The zero-order valence-electron chi connectivity index (χ0n) is 6.97. The Balaban J connectivity index is 2.71. The van der Waals surface area contributed by atoms with Crippen LogP contribution < -0.4 is 10.5 Å². The van der Waals surface area contributed by atoms with Crippen LogP contribution in [0.15, 0.2) is 29.3 Å². The molecular formula is C8H7NO4S. The molecule has 0 aliphatic rings. The van der Waals surface area contributed by atoms with E-state index in [4.69, 9.17) is 15.6 Å². The Bertz CT molecular complexity index is 369. The number of carboxylic acid groups (broad SMARTS) is 1. The maximum absolute atomic E-state index is 11.1. The molecule has 74 valence electrons. The number of hydrogen-bond acceptors (Lipinski definition) is 5. The number of carboxylic acids is 1. The number of carbonyl (C=O) groups excluding carboxylic acids is 1. The summed E-state index contributed by atoms with van der Waals surface area (Å²) in [5.41, 5.74) is 4.38. The smallest absolute Gasteiger partial charge is 0.353 e. The number of esters is 1. The minimum Gasteiger partial charge on any atom is -0.477 e. The van der Waals surface area contributed by atoms with E-state index in [0.29, 0.717) is 11.3 Å². The molecule has 5 nitrogen and oxygen atoms in total. The Hall–Kier alpha value is -1.82. The van der Waals surface area contributed by atoms with Crippen molar-refractivity contribution >= 4 is 23.3 Å². The van der Waals surface area contributed by atoms with Gasteiger partial charge in [-0.1, -0.05) is 0 Å². The molecule has 1 aromatic rings. The largest absolute Gasteiger partial charge is 0.477 e. The summed E-state index contributed by atoms with van der Waals surface area (Å²) in [6.45, 7) is 0. The topological polar surface area (TPSA) is 89.6 Å². The van der Waals surface area contributed by atoms with Crippen molar-refractivity contribution in [3.05, 3.63) is 29.3 Å². The van der Waals surface area contributed by atoms with E-state index in [1.54, 1.807) is 17.5 Å². The standard InChI is InChI=1S/C8H7NO4S/c9-4-5(7(10)11)8(12)13-6-2-1-3-14-6/h1-4H,9H2,(H,10,11). The SMILES string of the molecule is NC=C(C(=O)O)C(=O)Oc1cccs1. The molecule has 0 fully saturated rings. The van der Waals surface area contributed by atoms with Crippen LogP contribution >= 0.6 is 11.3 Å². The first-order valence-corrected chi connectivity index (χ1v) is 4.44. The maximum atomic E-state index is 11.1. The second-order valence-corrected chi connectivity index (χ2v) is 3.12. The molecule has 1 aromatic heterocycles. The molecule has 3 N–H and O–H groups in total. The van der Waals surface area contributed by atoms with E-state index in [0.717, 1.165) is 0 Å². The zero-order valence-corrected chi connectivity index (χ0v) is 7.78. The number of nitrogens with two attached hydrogens (primary N) is 1. The predicted octanol–water partition coefficient (Wildman–Crippen LogP) is 0.581. The van der Waals surface area contributed by atoms with Crippen LogP contribution in [-0.4, -0.2) is 17.0 Å². The van der Waals surface area contributed by atoms with Crippen molar-refractivity contribution < 1.29 is 19.4 Å². The molecule has 0 amide bonds. The second kappa shape index (κ2) is 4.43. The molecule has 0 atom stereocenters. The Kier molecular flexibility index (Phi) is 3.24. The monoisotopic (exact) mass is 213 g/mol. The fraction of sp³-hybridized carbons (Fsp3) is 0. The van der Waals surface area contributed by atoms with Gasteiger partial charge < -0.3 is 15.6 Å². The predicted molar refractivity (Wildman–Crippen MR) is 49.9 cm³/mol. The third kappa shape index (κ3) is 2.33. The lowest BCUT2D eigenvalue weighted by atomic mass is 10.3. The summed E-state index contributed by atoms with van der Waals surface area (Å²) in [4.78, 5) is 21.6. The van der Waals surface area contributed by atoms with E-state index < -0.39 is 17.5 Å². The van der Waals surface area contributed by atoms with Gasteiger partial charge in [-0.25, -0.2) is 9.59 Å². The molecule has 0 aliphatic carbocycles. The van der Waals surface area contributed by atoms with Crippen molar-refractivity contribution in [2.45, 2.75) is 0 Å². The minimum absolute atomic E-state index is 0.329. The lowest BCUT2D eigenvalue weighted by Gasteiger charge is -2.00. The van der Waals surface area contributed by atoms with Crippen LogP contribution in [0.5, 0.6) is 5.06 Å². The summed E-state index contributed by atoms with van der Waals surface area (Å²) in [6.07, 6.45) is 0.707. The van der Waals surface area contributed by atoms with Crippen molar-refractivity contribution in [1.29, 1.82) is 0 Å². The van der Waals surface area contributed by atoms with Gasteiger partial charge in [0.1, 0.15) is 0 Å². The molecule has 6 heteroatoms. The molecule has 0 radical (unpaired) electrons. The van der Waals surface area contributed by atoms with E-state index in [9.17, 15) is 9.59 Å². The normalized spacial score (nSPS) is 11.0. The molecule has 0 aliphatic heterocycles. The number of carbonyl (C=O) groups is 2. The van der Waals surface area contributed by atoms with Crippen LogP contribution in [-0.2, 0) is 9.59 Å². The van der Waals surface area contributed by atoms with Gasteiger partial charge >= 0.3 is 11.9 Å². The van der Waals surface area contributed by atoms with Crippen molar-refractivity contribution in [3.8, 4) is 5.06 Å². The van der Waals surface area contributed by atoms with Crippen molar-refractivity contribution in [3.63, 3.8) is 0 Å². The third-order valence-corrected chi connectivity index (χ3v) is 2.05. The van der Waals surface area contributed by atoms with Crippen molar-refractivity contribution in [1.82, 2.24) is 0 Å². The van der Waals surface area contributed by atoms with Crippen molar-refractivity contribution in [2.24, 2.45) is 5.73 Å². The van der Waals surface area contributed by atoms with E-state index >= 15 is 0 Å². The van der Waals surface area contributed by atoms with Crippen LogP contribution in [0.4, 0.5) is 0 Å². The van der Waals surface area contributed by atoms with Gasteiger partial charge in [0, 0.05) is 6.20 Å². The lowest BCUT2D eigenvalue weighted by molar-refractivity contribution is -0.138. The summed E-state index contributed by atoms with van der Waals surface area (Å²) in [5, 5.41) is 10.6. The van der Waals surface area contributed by atoms with Crippen molar-refractivity contribution in [2.75, 3.05) is 0 Å². The van der Waals surface area contributed by atoms with E-state index in [1.165, 1.54) is 11.3 Å². The highest BCUT2D eigenvalue weighted by atomic mass is 32.1. The number of rotatable bonds is 3. The zero-order chi connectivity index (χ0) is 10.6. The van der Waals surface area contributed by atoms with Gasteiger partial charge in [-0.3, -0.25) is 0 Å². The molecule has 14 heavy (non-hydrogen) atoms. The lowest BCUT2D eigenvalue weighted by Crippen LogP contribution is -2.18. The van der Waals surface area contributed by atoms with Crippen LogP contribution in [0.1, 0.15) is 0 Å². The molecule has 0 saturated heterocycles. The summed E-state index contributed by atoms with van der Waals surface area (Å²) in [6, 6.07) is 3.23. The van der Waals surface area contributed by atoms with E-state index in [2.05, 4.69) is 0 Å². The maximum Gasteiger partial charge on any atom is 0.353 e. The fourth-order valence-electron chi connectivity index (χ4n) is 0.695. The fourth-order valence-corrected chi connectivity index (χ4v) is 1.27. The highest BCUT2D eigenvalue weighted by Gasteiger charge is 2.19. The van der Waals surface area contributed by atoms with Gasteiger partial charge in [0.2, 0.25) is 0 Å². The van der Waals surface area contributed by atoms with Crippen LogP contribution in [0.3, 0.4) is 0 Å². The average molecular weight is 213 g/mol. The quantitative estimate of drug-likeness (QED) is 0.332. The summed E-state index contributed by atoms with van der Waals surface area (Å²) >= 11 is 1.19. The first-order chi connectivity index (χ1) is 6.65. The first kappa shape index (κ1) is 10.3. The molecular weight excluding hydrogens is 206 g/mol. The van der Waals surface area contributed by atoms with Gasteiger partial charge in [0.25, 0.3) is 0 Å². The highest BCUT2D eigenvalue weighted by molar-refractivity contribution is 7.11. The Morgan fingerprint density at radius 3 is 2.71 bits per heavy atom. The van der Waals surface area contributed by atoms with Crippen LogP contribution in [0.25, 0.3) is 0 Å². The average Bonchev–Trinajstić information content (AvgIpc) is 2.57. The summed E-state index contributed by atoms with van der Waals surface area (Å²) in [7, 11) is 0. The summed E-state index contributed by atoms with van der Waals surface area (Å²) < 4.78 is 4.72. The summed E-state index contributed by atoms with van der Waals surface area (Å²) in [5.74, 6) is -2.38. The third-order valence-electron chi connectivity index (χ3n) is 1.31. The van der Waals surface area contributed by atoms with Gasteiger partial charge in [0.05, 0.1) is 0 Å². The van der Waals surface area contributed by atoms with E-state index in [1.807, 2.05) is 0 Å². The van der Waals surface area contributed by atoms with Crippen LogP contribution in [0, 0.1) is 0 Å². The first-order valence-electron chi connectivity index (χ1n) is 3.56.